The van der Waals surface area contributed by atoms with Gasteiger partial charge in [0.25, 0.3) is 5.56 Å². The normalized spacial score (nSPS) is 15.1. The molecule has 1 aliphatic rings. The zero-order chi connectivity index (χ0) is 24.2. The molecule has 2 aromatic heterocycles. The lowest BCUT2D eigenvalue weighted by molar-refractivity contribution is -0.120. The van der Waals surface area contributed by atoms with Crippen molar-refractivity contribution in [2.24, 2.45) is 5.92 Å². The van der Waals surface area contributed by atoms with E-state index in [1.165, 1.54) is 54.9 Å². The summed E-state index contributed by atoms with van der Waals surface area (Å²) in [4.78, 5) is 46.9. The Kier molecular flexibility index (Phi) is 7.48. The molecule has 0 spiro atoms. The van der Waals surface area contributed by atoms with E-state index in [0.717, 1.165) is 25.7 Å². The van der Waals surface area contributed by atoms with Crippen molar-refractivity contribution in [2.75, 3.05) is 12.4 Å². The summed E-state index contributed by atoms with van der Waals surface area (Å²) in [6.45, 7) is 0. The monoisotopic (exact) mass is 502 g/mol. The maximum Gasteiger partial charge on any atom is 0.339 e. The Morgan fingerprint density at radius 2 is 1.94 bits per heavy atom. The van der Waals surface area contributed by atoms with Crippen LogP contribution >= 0.6 is 23.2 Å². The van der Waals surface area contributed by atoms with Crippen LogP contribution in [0.5, 0.6) is 0 Å². The summed E-state index contributed by atoms with van der Waals surface area (Å²) >= 11 is 12.3. The lowest BCUT2D eigenvalue weighted by atomic mass is 9.84. The van der Waals surface area contributed by atoms with Gasteiger partial charge in [-0.1, -0.05) is 55.3 Å². The summed E-state index contributed by atoms with van der Waals surface area (Å²) in [5.41, 5.74) is 0.214. The molecule has 1 aromatic carbocycles. The molecular formula is C24H24Cl2N4O4. The maximum absolute atomic E-state index is 13.4. The number of nitrogens with one attached hydrogen (secondary N) is 1. The molecule has 1 atom stereocenters. The lowest BCUT2D eigenvalue weighted by Gasteiger charge is -2.27. The number of anilines is 1. The van der Waals surface area contributed by atoms with Crippen molar-refractivity contribution in [1.29, 1.82) is 0 Å². The van der Waals surface area contributed by atoms with E-state index < -0.39 is 12.0 Å². The molecule has 4 rings (SSSR count). The van der Waals surface area contributed by atoms with E-state index in [1.807, 2.05) is 0 Å². The van der Waals surface area contributed by atoms with Crippen LogP contribution in [0.3, 0.4) is 0 Å². The van der Waals surface area contributed by atoms with Gasteiger partial charge < -0.3 is 10.1 Å². The van der Waals surface area contributed by atoms with E-state index in [0.29, 0.717) is 22.9 Å². The Labute approximate surface area is 206 Å². The van der Waals surface area contributed by atoms with Gasteiger partial charge in [0.05, 0.1) is 34.9 Å². The molecule has 0 aliphatic heterocycles. The van der Waals surface area contributed by atoms with Crippen LogP contribution in [-0.4, -0.2) is 33.5 Å². The van der Waals surface area contributed by atoms with Crippen LogP contribution < -0.4 is 10.9 Å². The van der Waals surface area contributed by atoms with Crippen LogP contribution in [0.4, 0.5) is 5.82 Å². The number of pyridine rings is 1. The van der Waals surface area contributed by atoms with Crippen molar-refractivity contribution in [3.63, 3.8) is 0 Å². The number of aromatic nitrogens is 3. The number of benzene rings is 1. The van der Waals surface area contributed by atoms with Gasteiger partial charge in [-0.25, -0.2) is 14.8 Å². The maximum atomic E-state index is 13.4. The number of fused-ring (bicyclic) bond motifs is 1. The molecular weight excluding hydrogens is 479 g/mol. The molecule has 1 fully saturated rings. The Morgan fingerprint density at radius 1 is 1.18 bits per heavy atom. The van der Waals surface area contributed by atoms with Crippen LogP contribution in [0.1, 0.15) is 54.9 Å². The number of amides is 1. The molecule has 1 aliphatic carbocycles. The molecule has 0 bridgehead atoms. The number of ether oxygens (including phenoxy) is 1. The van der Waals surface area contributed by atoms with Crippen molar-refractivity contribution >= 4 is 51.8 Å². The minimum atomic E-state index is -0.799. The summed E-state index contributed by atoms with van der Waals surface area (Å²) in [6, 6.07) is 5.27. The molecule has 10 heteroatoms. The first-order valence-electron chi connectivity index (χ1n) is 11.1. The van der Waals surface area contributed by atoms with Crippen molar-refractivity contribution in [3.8, 4) is 0 Å². The molecule has 8 nitrogen and oxygen atoms in total. The van der Waals surface area contributed by atoms with E-state index in [1.54, 1.807) is 0 Å². The number of rotatable bonds is 6. The highest BCUT2D eigenvalue weighted by Gasteiger charge is 2.28. The van der Waals surface area contributed by atoms with Gasteiger partial charge in [0, 0.05) is 11.2 Å². The summed E-state index contributed by atoms with van der Waals surface area (Å²) in [5, 5.41) is 3.61. The molecule has 3 aromatic rings. The number of nitrogens with zero attached hydrogens (tertiary/aromatic N) is 3. The van der Waals surface area contributed by atoms with Crippen molar-refractivity contribution in [2.45, 2.75) is 44.6 Å². The highest BCUT2D eigenvalue weighted by molar-refractivity contribution is 6.38. The number of esters is 1. The quantitative estimate of drug-likeness (QED) is 0.473. The molecule has 34 heavy (non-hydrogen) atoms. The summed E-state index contributed by atoms with van der Waals surface area (Å²) in [5.74, 6) is -0.337. The first-order valence-corrected chi connectivity index (χ1v) is 11.8. The third-order valence-electron chi connectivity index (χ3n) is 6.16. The highest BCUT2D eigenvalue weighted by Crippen LogP contribution is 2.32. The molecule has 1 amide bonds. The van der Waals surface area contributed by atoms with Gasteiger partial charge in [0.15, 0.2) is 0 Å². The van der Waals surface area contributed by atoms with Crippen LogP contribution in [0, 0.1) is 5.92 Å². The van der Waals surface area contributed by atoms with Crippen LogP contribution in [0.15, 0.2) is 41.6 Å². The molecule has 1 N–H and O–H groups in total. The number of halogens is 2. The van der Waals surface area contributed by atoms with Gasteiger partial charge in [-0.3, -0.25) is 14.2 Å². The van der Waals surface area contributed by atoms with Gasteiger partial charge in [-0.05, 0) is 36.6 Å². The topological polar surface area (TPSA) is 103 Å². The summed E-state index contributed by atoms with van der Waals surface area (Å²) < 4.78 is 6.02. The smallest absolute Gasteiger partial charge is 0.339 e. The number of hydrogen-bond donors (Lipinski definition) is 1. The van der Waals surface area contributed by atoms with Crippen LogP contribution in [0.2, 0.25) is 10.0 Å². The molecule has 0 saturated heterocycles. The molecule has 178 valence electrons. The minimum absolute atomic E-state index is 0.252. The zero-order valence-electron chi connectivity index (χ0n) is 18.6. The SMILES string of the molecule is COC(=O)c1ccc(NC(=O)C(CC2CCCCC2)n2cnc3c(Cl)cc(Cl)cc3c2=O)nc1. The number of carbonyl (C=O) groups is 2. The average Bonchev–Trinajstić information content (AvgIpc) is 2.84. The molecule has 1 unspecified atom stereocenters. The van der Waals surface area contributed by atoms with Crippen molar-refractivity contribution in [3.05, 3.63) is 62.8 Å². The third kappa shape index (κ3) is 5.23. The first-order chi connectivity index (χ1) is 16.4. The lowest BCUT2D eigenvalue weighted by Crippen LogP contribution is -2.35. The van der Waals surface area contributed by atoms with E-state index in [9.17, 15) is 14.4 Å². The van der Waals surface area contributed by atoms with Gasteiger partial charge >= 0.3 is 5.97 Å². The standard InChI is InChI=1S/C24H24Cl2N4O4/c1-34-24(33)15-7-8-20(27-12-15)29-22(31)19(9-14-5-3-2-4-6-14)30-13-28-21-17(23(30)32)10-16(25)11-18(21)26/h7-8,10-14,19H,2-6,9H2,1H3,(H,27,29,31). The largest absolute Gasteiger partial charge is 0.465 e. The third-order valence-corrected chi connectivity index (χ3v) is 6.67. The second-order valence-corrected chi connectivity index (χ2v) is 9.25. The van der Waals surface area contributed by atoms with E-state index in [2.05, 4.69) is 20.0 Å². The van der Waals surface area contributed by atoms with E-state index in [4.69, 9.17) is 23.2 Å². The Morgan fingerprint density at radius 3 is 2.62 bits per heavy atom. The Hall–Kier alpha value is -2.97. The first kappa shape index (κ1) is 24.2. The fourth-order valence-electron chi connectivity index (χ4n) is 4.40. The van der Waals surface area contributed by atoms with E-state index in [-0.39, 0.29) is 33.3 Å². The van der Waals surface area contributed by atoms with E-state index >= 15 is 0 Å². The van der Waals surface area contributed by atoms with Crippen LogP contribution in [0.25, 0.3) is 10.9 Å². The molecule has 0 radical (unpaired) electrons. The summed E-state index contributed by atoms with van der Waals surface area (Å²) in [7, 11) is 1.28. The van der Waals surface area contributed by atoms with Crippen molar-refractivity contribution < 1.29 is 14.3 Å². The second-order valence-electron chi connectivity index (χ2n) is 8.41. The second kappa shape index (κ2) is 10.5. The Bertz CT molecular complexity index is 1270. The van der Waals surface area contributed by atoms with Gasteiger partial charge in [-0.15, -0.1) is 0 Å². The predicted octanol–water partition coefficient (Wildman–Crippen LogP) is 5.04. The minimum Gasteiger partial charge on any atom is -0.465 e. The van der Waals surface area contributed by atoms with Gasteiger partial charge in [0.1, 0.15) is 11.9 Å². The van der Waals surface area contributed by atoms with Gasteiger partial charge in [0.2, 0.25) is 5.91 Å². The molecule has 1 saturated carbocycles. The Balaban J connectivity index is 1.68. The zero-order valence-corrected chi connectivity index (χ0v) is 20.1. The fraction of sp³-hybridized carbons (Fsp3) is 0.375. The van der Waals surface area contributed by atoms with Gasteiger partial charge in [-0.2, -0.15) is 0 Å². The number of hydrogen-bond acceptors (Lipinski definition) is 6. The number of methoxy groups -OCH3 is 1. The molecule has 2 heterocycles. The fourth-order valence-corrected chi connectivity index (χ4v) is 4.94. The van der Waals surface area contributed by atoms with Crippen LogP contribution in [-0.2, 0) is 9.53 Å². The summed E-state index contributed by atoms with van der Waals surface area (Å²) in [6.07, 6.45) is 8.58. The average molecular weight is 503 g/mol. The predicted molar refractivity (Wildman–Crippen MR) is 130 cm³/mol. The van der Waals surface area contributed by atoms with Crippen molar-refractivity contribution in [1.82, 2.24) is 14.5 Å². The number of carbonyl (C=O) groups excluding carboxylic acids is 2. The highest BCUT2D eigenvalue weighted by atomic mass is 35.5.